The van der Waals surface area contributed by atoms with Crippen molar-refractivity contribution < 1.29 is 8.42 Å². The maximum Gasteiger partial charge on any atom is 0.282 e. The largest absolute Gasteiger partial charge is 0.325 e. The summed E-state index contributed by atoms with van der Waals surface area (Å²) in [7, 11) is -1.66. The van der Waals surface area contributed by atoms with E-state index < -0.39 is 10.2 Å². The van der Waals surface area contributed by atoms with E-state index in [0.29, 0.717) is 13.1 Å². The Kier molecular flexibility index (Phi) is 2.96. The van der Waals surface area contributed by atoms with E-state index in [0.717, 1.165) is 0 Å². The third-order valence-corrected chi connectivity index (χ3v) is 4.39. The molecule has 1 fully saturated rings. The molecular formula is C7H17N3O2S. The van der Waals surface area contributed by atoms with Crippen LogP contribution in [0.2, 0.25) is 0 Å². The Hall–Kier alpha value is -0.170. The fourth-order valence-corrected chi connectivity index (χ4v) is 2.76. The summed E-state index contributed by atoms with van der Waals surface area (Å²) in [6.45, 7) is 4.58. The average molecular weight is 207 g/mol. The summed E-state index contributed by atoms with van der Waals surface area (Å²) >= 11 is 0. The van der Waals surface area contributed by atoms with Gasteiger partial charge in [-0.15, -0.1) is 0 Å². The van der Waals surface area contributed by atoms with Crippen LogP contribution < -0.4 is 5.73 Å². The second-order valence-corrected chi connectivity index (χ2v) is 5.68. The molecule has 1 saturated heterocycles. The van der Waals surface area contributed by atoms with Crippen LogP contribution in [0.3, 0.4) is 0 Å². The topological polar surface area (TPSA) is 66.6 Å². The van der Waals surface area contributed by atoms with Crippen molar-refractivity contribution in [1.82, 2.24) is 8.61 Å². The smallest absolute Gasteiger partial charge is 0.282 e. The molecule has 0 saturated carbocycles. The molecule has 0 spiro atoms. The van der Waals surface area contributed by atoms with Gasteiger partial charge in [0, 0.05) is 32.2 Å². The first-order chi connectivity index (χ1) is 5.85. The second kappa shape index (κ2) is 3.53. The molecule has 0 aliphatic carbocycles. The third-order valence-electron chi connectivity index (χ3n) is 2.29. The van der Waals surface area contributed by atoms with Crippen molar-refractivity contribution in [2.45, 2.75) is 25.9 Å². The monoisotopic (exact) mass is 207 g/mol. The van der Waals surface area contributed by atoms with Gasteiger partial charge in [0.15, 0.2) is 0 Å². The molecule has 5 nitrogen and oxygen atoms in total. The third kappa shape index (κ3) is 2.01. The molecule has 13 heavy (non-hydrogen) atoms. The predicted octanol–water partition coefficient (Wildman–Crippen LogP) is -0.786. The van der Waals surface area contributed by atoms with Crippen molar-refractivity contribution in [3.05, 3.63) is 0 Å². The Bertz CT molecular complexity index is 269. The van der Waals surface area contributed by atoms with Crippen LogP contribution >= 0.6 is 0 Å². The van der Waals surface area contributed by atoms with Gasteiger partial charge in [-0.2, -0.15) is 17.0 Å². The van der Waals surface area contributed by atoms with Crippen LogP contribution in [-0.2, 0) is 10.2 Å². The Balaban J connectivity index is 2.67. The Labute approximate surface area is 79.7 Å². The van der Waals surface area contributed by atoms with Crippen molar-refractivity contribution >= 4 is 10.2 Å². The van der Waals surface area contributed by atoms with Crippen LogP contribution in [0.1, 0.15) is 13.8 Å². The normalized spacial score (nSPS) is 21.1. The molecule has 1 rings (SSSR count). The molecule has 0 aromatic carbocycles. The van der Waals surface area contributed by atoms with Crippen molar-refractivity contribution in [1.29, 1.82) is 0 Å². The summed E-state index contributed by atoms with van der Waals surface area (Å²) in [5.41, 5.74) is 5.52. The quantitative estimate of drug-likeness (QED) is 0.660. The number of nitrogens with two attached hydrogens (primary N) is 1. The molecule has 0 atom stereocenters. The first-order valence-electron chi connectivity index (χ1n) is 4.34. The van der Waals surface area contributed by atoms with Crippen molar-refractivity contribution in [3.63, 3.8) is 0 Å². The van der Waals surface area contributed by atoms with E-state index in [2.05, 4.69) is 0 Å². The lowest BCUT2D eigenvalue weighted by molar-refractivity contribution is 0.239. The van der Waals surface area contributed by atoms with Gasteiger partial charge in [0.1, 0.15) is 0 Å². The number of rotatable bonds is 3. The molecule has 0 aromatic rings. The minimum atomic E-state index is -3.25. The zero-order valence-corrected chi connectivity index (χ0v) is 9.08. The standard InChI is InChI=1S/C7H17N3O2S/c1-6(2)9(3)13(11,12)10-4-7(8)5-10/h6-7H,4-5,8H2,1-3H3. The lowest BCUT2D eigenvalue weighted by Crippen LogP contribution is -2.61. The highest BCUT2D eigenvalue weighted by molar-refractivity contribution is 7.86. The summed E-state index contributed by atoms with van der Waals surface area (Å²) < 4.78 is 26.2. The molecule has 1 aliphatic rings. The first kappa shape index (κ1) is 10.9. The van der Waals surface area contributed by atoms with Gasteiger partial charge in [0.2, 0.25) is 0 Å². The van der Waals surface area contributed by atoms with E-state index in [1.54, 1.807) is 7.05 Å². The summed E-state index contributed by atoms with van der Waals surface area (Å²) in [6, 6.07) is -0.00263. The van der Waals surface area contributed by atoms with Gasteiger partial charge in [-0.25, -0.2) is 0 Å². The van der Waals surface area contributed by atoms with Crippen LogP contribution in [0.25, 0.3) is 0 Å². The van der Waals surface area contributed by atoms with Crippen molar-refractivity contribution in [3.8, 4) is 0 Å². The van der Waals surface area contributed by atoms with Gasteiger partial charge in [-0.05, 0) is 13.8 Å². The SMILES string of the molecule is CC(C)N(C)S(=O)(=O)N1CC(N)C1. The Morgan fingerprint density at radius 3 is 2.23 bits per heavy atom. The summed E-state index contributed by atoms with van der Waals surface area (Å²) in [5, 5.41) is 0. The van der Waals surface area contributed by atoms with Gasteiger partial charge in [0.05, 0.1) is 0 Å². The predicted molar refractivity (Wildman–Crippen MR) is 51.4 cm³/mol. The molecule has 0 radical (unpaired) electrons. The molecule has 0 amide bonds. The average Bonchev–Trinajstić information content (AvgIpc) is 1.96. The molecular weight excluding hydrogens is 190 g/mol. The minimum Gasteiger partial charge on any atom is -0.325 e. The van der Waals surface area contributed by atoms with Crippen molar-refractivity contribution in [2.24, 2.45) is 5.73 Å². The van der Waals surface area contributed by atoms with E-state index in [-0.39, 0.29) is 12.1 Å². The maximum absolute atomic E-state index is 11.7. The van der Waals surface area contributed by atoms with Crippen LogP contribution in [0.4, 0.5) is 0 Å². The number of hydrogen-bond donors (Lipinski definition) is 1. The van der Waals surface area contributed by atoms with E-state index in [4.69, 9.17) is 5.73 Å². The zero-order chi connectivity index (χ0) is 10.2. The fraction of sp³-hybridized carbons (Fsp3) is 1.00. The summed E-state index contributed by atoms with van der Waals surface area (Å²) in [5.74, 6) is 0. The molecule has 78 valence electrons. The zero-order valence-electron chi connectivity index (χ0n) is 8.27. The van der Waals surface area contributed by atoms with Crippen LogP contribution in [0, 0.1) is 0 Å². The van der Waals surface area contributed by atoms with Gasteiger partial charge >= 0.3 is 0 Å². The minimum absolute atomic E-state index is 0.00957. The molecule has 1 heterocycles. The van der Waals surface area contributed by atoms with Crippen LogP contribution in [-0.4, -0.2) is 49.2 Å². The lowest BCUT2D eigenvalue weighted by Gasteiger charge is -2.38. The number of hydrogen-bond acceptors (Lipinski definition) is 3. The molecule has 0 unspecified atom stereocenters. The van der Waals surface area contributed by atoms with Gasteiger partial charge in [-0.3, -0.25) is 0 Å². The van der Waals surface area contributed by atoms with Gasteiger partial charge in [-0.1, -0.05) is 0 Å². The maximum atomic E-state index is 11.7. The van der Waals surface area contributed by atoms with Gasteiger partial charge in [0.25, 0.3) is 10.2 Å². The summed E-state index contributed by atoms with van der Waals surface area (Å²) in [4.78, 5) is 0. The first-order valence-corrected chi connectivity index (χ1v) is 5.74. The highest BCUT2D eigenvalue weighted by Crippen LogP contribution is 2.16. The van der Waals surface area contributed by atoms with E-state index in [1.807, 2.05) is 13.8 Å². The molecule has 0 aromatic heterocycles. The molecule has 6 heteroatoms. The van der Waals surface area contributed by atoms with E-state index >= 15 is 0 Å². The molecule has 0 bridgehead atoms. The highest BCUT2D eigenvalue weighted by Gasteiger charge is 2.36. The summed E-state index contributed by atoms with van der Waals surface area (Å²) in [6.07, 6.45) is 0. The fourth-order valence-electron chi connectivity index (χ4n) is 1.11. The van der Waals surface area contributed by atoms with Gasteiger partial charge < -0.3 is 5.73 Å². The highest BCUT2D eigenvalue weighted by atomic mass is 32.2. The molecule has 2 N–H and O–H groups in total. The number of nitrogens with zero attached hydrogens (tertiary/aromatic N) is 2. The lowest BCUT2D eigenvalue weighted by atomic mass is 10.2. The Morgan fingerprint density at radius 2 is 1.92 bits per heavy atom. The second-order valence-electron chi connectivity index (χ2n) is 3.69. The Morgan fingerprint density at radius 1 is 1.46 bits per heavy atom. The van der Waals surface area contributed by atoms with E-state index in [9.17, 15) is 8.42 Å². The van der Waals surface area contributed by atoms with Crippen LogP contribution in [0.5, 0.6) is 0 Å². The van der Waals surface area contributed by atoms with Crippen LogP contribution in [0.15, 0.2) is 0 Å². The molecule has 1 aliphatic heterocycles. The van der Waals surface area contributed by atoms with E-state index in [1.165, 1.54) is 8.61 Å². The van der Waals surface area contributed by atoms with Crippen molar-refractivity contribution in [2.75, 3.05) is 20.1 Å².